The number of aromatic amines is 1. The van der Waals surface area contributed by atoms with Crippen LogP contribution in [0.4, 0.5) is 5.13 Å². The van der Waals surface area contributed by atoms with Crippen molar-refractivity contribution in [1.82, 2.24) is 15.2 Å². The van der Waals surface area contributed by atoms with Gasteiger partial charge in [0.15, 0.2) is 10.8 Å². The van der Waals surface area contributed by atoms with Crippen LogP contribution in [0, 0.1) is 6.92 Å². The number of nitrogens with zero attached hydrogens (tertiary/aromatic N) is 2. The van der Waals surface area contributed by atoms with E-state index in [1.807, 2.05) is 48.7 Å². The van der Waals surface area contributed by atoms with Gasteiger partial charge in [0.1, 0.15) is 11.5 Å². The molecule has 0 radical (unpaired) electrons. The Labute approximate surface area is 165 Å². The van der Waals surface area contributed by atoms with Crippen LogP contribution in [0.3, 0.4) is 0 Å². The van der Waals surface area contributed by atoms with E-state index in [2.05, 4.69) is 20.5 Å². The van der Waals surface area contributed by atoms with Crippen molar-refractivity contribution in [2.45, 2.75) is 6.92 Å². The minimum Gasteiger partial charge on any atom is -0.497 e. The molecular formula is C20H18N4O3S. The third-order valence-electron chi connectivity index (χ3n) is 4.34. The van der Waals surface area contributed by atoms with Gasteiger partial charge in [0.2, 0.25) is 0 Å². The average molecular weight is 394 g/mol. The maximum Gasteiger partial charge on any atom is 0.278 e. The van der Waals surface area contributed by atoms with Crippen LogP contribution in [0.15, 0.2) is 41.8 Å². The quantitative estimate of drug-likeness (QED) is 0.528. The number of H-pyrrole nitrogens is 1. The van der Waals surface area contributed by atoms with Crippen LogP contribution in [-0.4, -0.2) is 35.3 Å². The summed E-state index contributed by atoms with van der Waals surface area (Å²) in [6.07, 6.45) is 0. The van der Waals surface area contributed by atoms with Crippen molar-refractivity contribution >= 4 is 33.3 Å². The Morgan fingerprint density at radius 3 is 2.79 bits per heavy atom. The smallest absolute Gasteiger partial charge is 0.278 e. The molecule has 2 aromatic carbocycles. The number of carbonyl (C=O) groups excluding carboxylic acids is 1. The Morgan fingerprint density at radius 1 is 1.14 bits per heavy atom. The minimum absolute atomic E-state index is 0.310. The lowest BCUT2D eigenvalue weighted by Crippen LogP contribution is -2.12. The summed E-state index contributed by atoms with van der Waals surface area (Å²) in [6, 6.07) is 11.3. The van der Waals surface area contributed by atoms with E-state index in [1.165, 1.54) is 11.3 Å². The Bertz CT molecular complexity index is 1170. The first-order valence-corrected chi connectivity index (χ1v) is 9.41. The van der Waals surface area contributed by atoms with Crippen molar-refractivity contribution in [1.29, 1.82) is 0 Å². The third kappa shape index (κ3) is 3.29. The molecule has 0 saturated carbocycles. The Morgan fingerprint density at radius 2 is 2.00 bits per heavy atom. The first-order valence-electron chi connectivity index (χ1n) is 8.53. The SMILES string of the molecule is COc1ccc(OC)c(-c2csc(NC(=O)c3n[nH]c4ccc(C)cc34)n2)c1. The molecule has 4 aromatic rings. The number of nitrogens with one attached hydrogen (secondary N) is 2. The van der Waals surface area contributed by atoms with E-state index in [0.29, 0.717) is 28.0 Å². The molecule has 0 saturated heterocycles. The van der Waals surface area contributed by atoms with E-state index in [4.69, 9.17) is 9.47 Å². The highest BCUT2D eigenvalue weighted by Gasteiger charge is 2.17. The molecule has 0 fully saturated rings. The molecule has 0 aliphatic heterocycles. The van der Waals surface area contributed by atoms with Crippen LogP contribution in [-0.2, 0) is 0 Å². The standard InChI is InChI=1S/C20H18N4O3S/c1-11-4-6-15-14(8-11)18(24-23-15)19(25)22-20-21-16(10-28-20)13-9-12(26-2)5-7-17(13)27-3/h4-10H,1-3H3,(H,23,24)(H,21,22,25). The van der Waals surface area contributed by atoms with Gasteiger partial charge in [-0.15, -0.1) is 11.3 Å². The van der Waals surface area contributed by atoms with Crippen LogP contribution < -0.4 is 14.8 Å². The van der Waals surface area contributed by atoms with E-state index >= 15 is 0 Å². The lowest BCUT2D eigenvalue weighted by Gasteiger charge is -2.08. The number of hydrogen-bond acceptors (Lipinski definition) is 6. The number of rotatable bonds is 5. The number of aromatic nitrogens is 3. The molecule has 2 N–H and O–H groups in total. The zero-order valence-corrected chi connectivity index (χ0v) is 16.4. The van der Waals surface area contributed by atoms with Crippen molar-refractivity contribution in [2.24, 2.45) is 0 Å². The van der Waals surface area contributed by atoms with Crippen LogP contribution in [0.5, 0.6) is 11.5 Å². The van der Waals surface area contributed by atoms with Crippen molar-refractivity contribution < 1.29 is 14.3 Å². The van der Waals surface area contributed by atoms with Gasteiger partial charge in [-0.2, -0.15) is 5.10 Å². The highest BCUT2D eigenvalue weighted by Crippen LogP contribution is 2.35. The van der Waals surface area contributed by atoms with Crippen LogP contribution in [0.2, 0.25) is 0 Å². The predicted molar refractivity (Wildman–Crippen MR) is 109 cm³/mol. The summed E-state index contributed by atoms with van der Waals surface area (Å²) in [7, 11) is 3.21. The number of amides is 1. The van der Waals surface area contributed by atoms with E-state index in [0.717, 1.165) is 22.0 Å². The Hall–Kier alpha value is -3.39. The lowest BCUT2D eigenvalue weighted by molar-refractivity contribution is 0.102. The van der Waals surface area contributed by atoms with Crippen LogP contribution in [0.1, 0.15) is 16.1 Å². The summed E-state index contributed by atoms with van der Waals surface area (Å²) in [5.74, 6) is 1.07. The molecule has 0 spiro atoms. The summed E-state index contributed by atoms with van der Waals surface area (Å²) < 4.78 is 10.7. The van der Waals surface area contributed by atoms with Crippen molar-refractivity contribution in [3.63, 3.8) is 0 Å². The van der Waals surface area contributed by atoms with Gasteiger partial charge in [0.25, 0.3) is 5.91 Å². The van der Waals surface area contributed by atoms with E-state index in [9.17, 15) is 4.79 Å². The topological polar surface area (TPSA) is 89.1 Å². The molecule has 0 bridgehead atoms. The molecule has 0 aliphatic carbocycles. The summed E-state index contributed by atoms with van der Waals surface area (Å²) in [4.78, 5) is 17.2. The second-order valence-corrected chi connectivity index (χ2v) is 7.04. The van der Waals surface area contributed by atoms with Gasteiger partial charge < -0.3 is 9.47 Å². The van der Waals surface area contributed by atoms with Gasteiger partial charge >= 0.3 is 0 Å². The molecule has 0 aliphatic rings. The molecule has 1 amide bonds. The Balaban J connectivity index is 1.61. The number of fused-ring (bicyclic) bond motifs is 1. The van der Waals surface area contributed by atoms with E-state index in [1.54, 1.807) is 14.2 Å². The monoisotopic (exact) mass is 394 g/mol. The van der Waals surface area contributed by atoms with Crippen LogP contribution in [0.25, 0.3) is 22.2 Å². The molecule has 8 heteroatoms. The molecule has 28 heavy (non-hydrogen) atoms. The molecule has 7 nitrogen and oxygen atoms in total. The number of thiazole rings is 1. The molecule has 2 heterocycles. The summed E-state index contributed by atoms with van der Waals surface area (Å²) >= 11 is 1.33. The van der Waals surface area contributed by atoms with Crippen molar-refractivity contribution in [2.75, 3.05) is 19.5 Å². The van der Waals surface area contributed by atoms with Crippen molar-refractivity contribution in [3.8, 4) is 22.8 Å². The van der Waals surface area contributed by atoms with Crippen LogP contribution >= 0.6 is 11.3 Å². The summed E-state index contributed by atoms with van der Waals surface area (Å²) in [5, 5.41) is 13.0. The Kier molecular flexibility index (Phi) is 4.70. The lowest BCUT2D eigenvalue weighted by atomic mass is 10.1. The zero-order valence-electron chi connectivity index (χ0n) is 15.6. The summed E-state index contributed by atoms with van der Waals surface area (Å²) in [5.41, 5.74) is 3.70. The number of benzene rings is 2. The first kappa shape index (κ1) is 18.0. The van der Waals surface area contributed by atoms with E-state index < -0.39 is 0 Å². The summed E-state index contributed by atoms with van der Waals surface area (Å²) in [6.45, 7) is 1.97. The van der Waals surface area contributed by atoms with Gasteiger partial charge in [-0.3, -0.25) is 15.2 Å². The normalized spacial score (nSPS) is 10.8. The molecular weight excluding hydrogens is 376 g/mol. The predicted octanol–water partition coefficient (Wildman–Crippen LogP) is 4.26. The second kappa shape index (κ2) is 7.32. The number of aryl methyl sites for hydroxylation is 1. The second-order valence-electron chi connectivity index (χ2n) is 6.18. The number of carbonyl (C=O) groups is 1. The van der Waals surface area contributed by atoms with Gasteiger partial charge in [0, 0.05) is 16.3 Å². The fourth-order valence-electron chi connectivity index (χ4n) is 2.93. The molecule has 142 valence electrons. The number of anilines is 1. The largest absolute Gasteiger partial charge is 0.497 e. The van der Waals surface area contributed by atoms with E-state index in [-0.39, 0.29) is 5.91 Å². The zero-order chi connectivity index (χ0) is 19.7. The number of ether oxygens (including phenoxy) is 2. The molecule has 2 aromatic heterocycles. The minimum atomic E-state index is -0.310. The number of methoxy groups -OCH3 is 2. The number of hydrogen-bond donors (Lipinski definition) is 2. The van der Waals surface area contributed by atoms with Crippen molar-refractivity contribution in [3.05, 3.63) is 53.0 Å². The molecule has 4 rings (SSSR count). The molecule has 0 unspecified atom stereocenters. The van der Waals surface area contributed by atoms with Gasteiger partial charge in [-0.1, -0.05) is 11.6 Å². The highest BCUT2D eigenvalue weighted by molar-refractivity contribution is 7.14. The van der Waals surface area contributed by atoms with Gasteiger partial charge in [-0.25, -0.2) is 4.98 Å². The maximum absolute atomic E-state index is 12.7. The van der Waals surface area contributed by atoms with Gasteiger partial charge in [-0.05, 0) is 37.3 Å². The van der Waals surface area contributed by atoms with Gasteiger partial charge in [0.05, 0.1) is 25.4 Å². The molecule has 0 atom stereocenters. The third-order valence-corrected chi connectivity index (χ3v) is 5.10. The fourth-order valence-corrected chi connectivity index (χ4v) is 3.63. The fraction of sp³-hybridized carbons (Fsp3) is 0.150. The maximum atomic E-state index is 12.7. The average Bonchev–Trinajstić information content (AvgIpc) is 3.34. The first-order chi connectivity index (χ1) is 13.6. The highest BCUT2D eigenvalue weighted by atomic mass is 32.1.